The number of nitrogens with two attached hydrogens (primary N) is 1. The van der Waals surface area contributed by atoms with Crippen LogP contribution in [0.15, 0.2) is 53.7 Å². The Bertz CT molecular complexity index is 762. The molecule has 2 aromatic heterocycles. The first-order valence-corrected chi connectivity index (χ1v) is 6.44. The van der Waals surface area contributed by atoms with E-state index >= 15 is 0 Å². The van der Waals surface area contributed by atoms with E-state index < -0.39 is 0 Å². The number of hydrogen-bond acceptors (Lipinski definition) is 4. The summed E-state index contributed by atoms with van der Waals surface area (Å²) in [4.78, 5) is 16.2. The van der Waals surface area contributed by atoms with Crippen LogP contribution < -0.4 is 11.4 Å². The average Bonchev–Trinajstić information content (AvgIpc) is 2.82. The zero-order valence-electron chi connectivity index (χ0n) is 10.9. The molecule has 0 fully saturated rings. The first kappa shape index (κ1) is 12.6. The van der Waals surface area contributed by atoms with Crippen molar-refractivity contribution < 1.29 is 0 Å². The maximum atomic E-state index is 12.2. The third kappa shape index (κ3) is 2.21. The molecule has 0 aliphatic rings. The lowest BCUT2D eigenvalue weighted by Gasteiger charge is -2.14. The zero-order chi connectivity index (χ0) is 13.9. The third-order valence-electron chi connectivity index (χ3n) is 3.34. The Balaban J connectivity index is 1.96. The van der Waals surface area contributed by atoms with Gasteiger partial charge in [0, 0.05) is 24.9 Å². The summed E-state index contributed by atoms with van der Waals surface area (Å²) < 4.78 is 2.92. The van der Waals surface area contributed by atoms with Crippen LogP contribution in [0.2, 0.25) is 0 Å². The van der Waals surface area contributed by atoms with Gasteiger partial charge in [-0.3, -0.25) is 4.98 Å². The van der Waals surface area contributed by atoms with E-state index in [1.165, 1.54) is 9.08 Å². The van der Waals surface area contributed by atoms with E-state index in [9.17, 15) is 4.79 Å². The van der Waals surface area contributed by atoms with Crippen LogP contribution in [0.4, 0.5) is 0 Å². The van der Waals surface area contributed by atoms with Gasteiger partial charge in [0.05, 0.1) is 12.7 Å². The highest BCUT2D eigenvalue weighted by Crippen LogP contribution is 2.15. The van der Waals surface area contributed by atoms with Gasteiger partial charge in [-0.25, -0.2) is 13.9 Å². The standard InChI is InChI=1S/C14H15N5O/c15-8-12(11-4-2-1-3-5-11)10-19-14(20)18-7-6-16-9-13(18)17-19/h1-7,9,12H,8,10,15H2. The van der Waals surface area contributed by atoms with Crippen molar-refractivity contribution in [2.75, 3.05) is 6.54 Å². The van der Waals surface area contributed by atoms with E-state index in [-0.39, 0.29) is 11.6 Å². The average molecular weight is 269 g/mol. The minimum absolute atomic E-state index is 0.0618. The van der Waals surface area contributed by atoms with Gasteiger partial charge in [-0.2, -0.15) is 0 Å². The SMILES string of the molecule is NCC(Cn1nc2cnccn2c1=O)c1ccccc1. The second-order valence-electron chi connectivity index (χ2n) is 4.61. The van der Waals surface area contributed by atoms with Crippen molar-refractivity contribution in [3.05, 3.63) is 65.0 Å². The molecule has 102 valence electrons. The Morgan fingerprint density at radius 1 is 1.25 bits per heavy atom. The van der Waals surface area contributed by atoms with Crippen molar-refractivity contribution in [2.24, 2.45) is 5.73 Å². The largest absolute Gasteiger partial charge is 0.350 e. The lowest BCUT2D eigenvalue weighted by atomic mass is 9.99. The molecular formula is C14H15N5O. The van der Waals surface area contributed by atoms with Crippen LogP contribution in [-0.2, 0) is 6.54 Å². The van der Waals surface area contributed by atoms with Crippen molar-refractivity contribution >= 4 is 5.65 Å². The number of rotatable bonds is 4. The maximum Gasteiger partial charge on any atom is 0.350 e. The first-order valence-electron chi connectivity index (χ1n) is 6.44. The molecule has 0 saturated carbocycles. The molecule has 1 aromatic carbocycles. The zero-order valence-corrected chi connectivity index (χ0v) is 10.9. The van der Waals surface area contributed by atoms with Gasteiger partial charge in [-0.05, 0) is 5.56 Å². The summed E-state index contributed by atoms with van der Waals surface area (Å²) >= 11 is 0. The Hall–Kier alpha value is -2.47. The van der Waals surface area contributed by atoms with Crippen LogP contribution in [0.25, 0.3) is 5.65 Å². The van der Waals surface area contributed by atoms with Gasteiger partial charge in [-0.15, -0.1) is 5.10 Å². The summed E-state index contributed by atoms with van der Waals surface area (Å²) in [5, 5.41) is 4.27. The minimum Gasteiger partial charge on any atom is -0.330 e. The van der Waals surface area contributed by atoms with Gasteiger partial charge in [0.15, 0.2) is 5.65 Å². The van der Waals surface area contributed by atoms with Crippen LogP contribution in [0.1, 0.15) is 11.5 Å². The van der Waals surface area contributed by atoms with Crippen molar-refractivity contribution in [1.82, 2.24) is 19.2 Å². The topological polar surface area (TPSA) is 78.2 Å². The molecule has 0 aliphatic heterocycles. The molecule has 1 unspecified atom stereocenters. The smallest absolute Gasteiger partial charge is 0.330 e. The van der Waals surface area contributed by atoms with Crippen LogP contribution in [0.3, 0.4) is 0 Å². The second-order valence-corrected chi connectivity index (χ2v) is 4.61. The lowest BCUT2D eigenvalue weighted by Crippen LogP contribution is -2.27. The highest BCUT2D eigenvalue weighted by Gasteiger charge is 2.14. The summed E-state index contributed by atoms with van der Waals surface area (Å²) in [6.07, 6.45) is 4.75. The molecule has 2 N–H and O–H groups in total. The van der Waals surface area contributed by atoms with Crippen LogP contribution in [-0.4, -0.2) is 25.7 Å². The Labute approximate surface area is 115 Å². The number of benzene rings is 1. The normalized spacial score (nSPS) is 12.7. The van der Waals surface area contributed by atoms with Crippen LogP contribution in [0, 0.1) is 0 Å². The minimum atomic E-state index is -0.170. The molecule has 0 saturated heterocycles. The molecule has 3 rings (SSSR count). The van der Waals surface area contributed by atoms with E-state index in [1.54, 1.807) is 18.6 Å². The lowest BCUT2D eigenvalue weighted by molar-refractivity contribution is 0.507. The number of nitrogens with zero attached hydrogens (tertiary/aromatic N) is 4. The summed E-state index contributed by atoms with van der Waals surface area (Å²) in [6, 6.07) is 9.92. The Morgan fingerprint density at radius 3 is 2.75 bits per heavy atom. The molecule has 0 aliphatic carbocycles. The van der Waals surface area contributed by atoms with Gasteiger partial charge >= 0.3 is 5.69 Å². The van der Waals surface area contributed by atoms with Gasteiger partial charge in [0.2, 0.25) is 0 Å². The molecule has 20 heavy (non-hydrogen) atoms. The summed E-state index contributed by atoms with van der Waals surface area (Å²) in [6.45, 7) is 0.920. The highest BCUT2D eigenvalue weighted by molar-refractivity contribution is 5.32. The molecule has 0 amide bonds. The number of hydrogen-bond donors (Lipinski definition) is 1. The van der Waals surface area contributed by atoms with Gasteiger partial charge < -0.3 is 5.73 Å². The second kappa shape index (κ2) is 5.26. The molecule has 6 nitrogen and oxygen atoms in total. The fourth-order valence-corrected chi connectivity index (χ4v) is 2.25. The fourth-order valence-electron chi connectivity index (χ4n) is 2.25. The Kier molecular flexibility index (Phi) is 3.30. The molecule has 2 heterocycles. The molecule has 1 atom stereocenters. The first-order chi connectivity index (χ1) is 9.79. The predicted octanol–water partition coefficient (Wildman–Crippen LogP) is 0.633. The van der Waals surface area contributed by atoms with Crippen LogP contribution in [0.5, 0.6) is 0 Å². The maximum absolute atomic E-state index is 12.2. The summed E-state index contributed by atoms with van der Waals surface area (Å²) in [5.74, 6) is 0.0618. The molecule has 0 radical (unpaired) electrons. The van der Waals surface area contributed by atoms with Crippen molar-refractivity contribution in [3.63, 3.8) is 0 Å². The molecule has 0 spiro atoms. The van der Waals surface area contributed by atoms with E-state index in [2.05, 4.69) is 10.1 Å². The van der Waals surface area contributed by atoms with E-state index in [4.69, 9.17) is 5.73 Å². The fraction of sp³-hybridized carbons (Fsp3) is 0.214. The number of aromatic nitrogens is 4. The van der Waals surface area contributed by atoms with E-state index in [0.29, 0.717) is 18.7 Å². The molecule has 0 bridgehead atoms. The molecular weight excluding hydrogens is 254 g/mol. The molecule has 3 aromatic rings. The van der Waals surface area contributed by atoms with Crippen molar-refractivity contribution in [2.45, 2.75) is 12.5 Å². The summed E-state index contributed by atoms with van der Waals surface area (Å²) in [7, 11) is 0. The monoisotopic (exact) mass is 269 g/mol. The van der Waals surface area contributed by atoms with Crippen molar-refractivity contribution in [3.8, 4) is 0 Å². The predicted molar refractivity (Wildman–Crippen MR) is 75.5 cm³/mol. The quantitative estimate of drug-likeness (QED) is 0.753. The van der Waals surface area contributed by atoms with E-state index in [0.717, 1.165) is 5.56 Å². The summed E-state index contributed by atoms with van der Waals surface area (Å²) in [5.41, 5.74) is 7.32. The van der Waals surface area contributed by atoms with Crippen molar-refractivity contribution in [1.29, 1.82) is 0 Å². The third-order valence-corrected chi connectivity index (χ3v) is 3.34. The Morgan fingerprint density at radius 2 is 2.05 bits per heavy atom. The highest BCUT2D eigenvalue weighted by atomic mass is 16.2. The van der Waals surface area contributed by atoms with Gasteiger partial charge in [0.25, 0.3) is 0 Å². The van der Waals surface area contributed by atoms with E-state index in [1.807, 2.05) is 30.3 Å². The van der Waals surface area contributed by atoms with Gasteiger partial charge in [-0.1, -0.05) is 30.3 Å². The molecule has 6 heteroatoms. The van der Waals surface area contributed by atoms with Crippen LogP contribution >= 0.6 is 0 Å². The van der Waals surface area contributed by atoms with Gasteiger partial charge in [0.1, 0.15) is 0 Å². The number of fused-ring (bicyclic) bond motifs is 1.